The van der Waals surface area contributed by atoms with Gasteiger partial charge in [-0.1, -0.05) is 0 Å². The molecule has 1 aromatic heterocycles. The zero-order valence-electron chi connectivity index (χ0n) is 9.79. The molecule has 1 saturated carbocycles. The lowest BCUT2D eigenvalue weighted by molar-refractivity contribution is -0.136. The average molecular weight is 262 g/mol. The Hall–Kier alpha value is -2.51. The Kier molecular flexibility index (Phi) is 2.28. The maximum atomic E-state index is 12.1. The Labute approximate surface area is 107 Å². The first kappa shape index (κ1) is 11.6. The van der Waals surface area contributed by atoms with E-state index in [2.05, 4.69) is 9.97 Å². The molecule has 19 heavy (non-hydrogen) atoms. The Morgan fingerprint density at radius 2 is 2.00 bits per heavy atom. The van der Waals surface area contributed by atoms with E-state index in [1.807, 2.05) is 0 Å². The SMILES string of the molecule is Nc1nc(CC(=O)O)nc2c1C(=O)N(C1CC1)C2=O. The molecule has 2 heterocycles. The fraction of sp³-hybridized carbons (Fsp3) is 0.364. The first-order valence-electron chi connectivity index (χ1n) is 5.75. The molecule has 0 unspecified atom stereocenters. The molecule has 3 N–H and O–H groups in total. The van der Waals surface area contributed by atoms with Gasteiger partial charge < -0.3 is 10.8 Å². The van der Waals surface area contributed by atoms with Gasteiger partial charge in [-0.05, 0) is 12.8 Å². The van der Waals surface area contributed by atoms with Crippen LogP contribution in [0, 0.1) is 0 Å². The van der Waals surface area contributed by atoms with Crippen LogP contribution in [0.4, 0.5) is 5.82 Å². The molecule has 0 bridgehead atoms. The lowest BCUT2D eigenvalue weighted by Crippen LogP contribution is -2.32. The second kappa shape index (κ2) is 3.74. The topological polar surface area (TPSA) is 126 Å². The number of nitrogens with zero attached hydrogens (tertiary/aromatic N) is 3. The molecule has 0 saturated heterocycles. The van der Waals surface area contributed by atoms with Crippen molar-refractivity contribution in [2.24, 2.45) is 0 Å². The molecule has 2 aliphatic rings. The highest BCUT2D eigenvalue weighted by atomic mass is 16.4. The maximum Gasteiger partial charge on any atom is 0.311 e. The van der Waals surface area contributed by atoms with E-state index in [1.54, 1.807) is 0 Å². The third-order valence-corrected chi connectivity index (χ3v) is 3.06. The number of aromatic nitrogens is 2. The zero-order valence-corrected chi connectivity index (χ0v) is 9.79. The van der Waals surface area contributed by atoms with Crippen molar-refractivity contribution in [2.45, 2.75) is 25.3 Å². The van der Waals surface area contributed by atoms with Gasteiger partial charge in [0, 0.05) is 6.04 Å². The van der Waals surface area contributed by atoms with Crippen molar-refractivity contribution < 1.29 is 19.5 Å². The van der Waals surface area contributed by atoms with Crippen LogP contribution in [-0.4, -0.2) is 43.8 Å². The minimum absolute atomic E-state index is 0.00830. The van der Waals surface area contributed by atoms with Crippen LogP contribution in [0.5, 0.6) is 0 Å². The second-order valence-electron chi connectivity index (χ2n) is 4.53. The largest absolute Gasteiger partial charge is 0.481 e. The van der Waals surface area contributed by atoms with Crippen LogP contribution >= 0.6 is 0 Å². The summed E-state index contributed by atoms with van der Waals surface area (Å²) in [6.45, 7) is 0. The third-order valence-electron chi connectivity index (χ3n) is 3.06. The number of fused-ring (bicyclic) bond motifs is 1. The summed E-state index contributed by atoms with van der Waals surface area (Å²) < 4.78 is 0. The van der Waals surface area contributed by atoms with Gasteiger partial charge in [-0.15, -0.1) is 0 Å². The van der Waals surface area contributed by atoms with Crippen molar-refractivity contribution in [3.05, 3.63) is 17.1 Å². The number of carbonyl (C=O) groups is 3. The summed E-state index contributed by atoms with van der Waals surface area (Å²) in [6, 6.07) is -0.0866. The average Bonchev–Trinajstić information content (AvgIpc) is 3.08. The van der Waals surface area contributed by atoms with Gasteiger partial charge in [0.2, 0.25) is 0 Å². The number of hydrogen-bond acceptors (Lipinski definition) is 6. The van der Waals surface area contributed by atoms with Crippen molar-refractivity contribution in [3.63, 3.8) is 0 Å². The Balaban J connectivity index is 2.06. The molecule has 8 nitrogen and oxygen atoms in total. The molecular weight excluding hydrogens is 252 g/mol. The van der Waals surface area contributed by atoms with E-state index in [9.17, 15) is 14.4 Å². The number of aliphatic carboxylic acids is 1. The van der Waals surface area contributed by atoms with Gasteiger partial charge in [0.25, 0.3) is 11.8 Å². The number of imide groups is 1. The van der Waals surface area contributed by atoms with E-state index in [0.717, 1.165) is 17.7 Å². The van der Waals surface area contributed by atoms with Crippen LogP contribution in [-0.2, 0) is 11.2 Å². The van der Waals surface area contributed by atoms with Gasteiger partial charge in [0.15, 0.2) is 0 Å². The molecule has 8 heteroatoms. The summed E-state index contributed by atoms with van der Waals surface area (Å²) >= 11 is 0. The molecule has 1 aliphatic heterocycles. The van der Waals surface area contributed by atoms with Crippen molar-refractivity contribution in [1.29, 1.82) is 0 Å². The normalized spacial score (nSPS) is 17.8. The number of nitrogens with two attached hydrogens (primary N) is 1. The highest BCUT2D eigenvalue weighted by Crippen LogP contribution is 2.35. The number of carbonyl (C=O) groups excluding carboxylic acids is 2. The predicted molar refractivity (Wildman–Crippen MR) is 61.3 cm³/mol. The predicted octanol–water partition coefficient (Wildman–Crippen LogP) is -0.556. The number of nitrogen functional groups attached to an aromatic ring is 1. The molecule has 1 aliphatic carbocycles. The van der Waals surface area contributed by atoms with Crippen LogP contribution in [0.15, 0.2) is 0 Å². The Bertz CT molecular complexity index is 623. The minimum atomic E-state index is -1.13. The molecular formula is C11H10N4O4. The summed E-state index contributed by atoms with van der Waals surface area (Å²) in [7, 11) is 0. The number of hydrogen-bond donors (Lipinski definition) is 2. The molecule has 2 amide bonds. The van der Waals surface area contributed by atoms with Crippen LogP contribution in [0.25, 0.3) is 0 Å². The smallest absolute Gasteiger partial charge is 0.311 e. The van der Waals surface area contributed by atoms with E-state index < -0.39 is 24.2 Å². The van der Waals surface area contributed by atoms with E-state index in [4.69, 9.17) is 10.8 Å². The highest BCUT2D eigenvalue weighted by molar-refractivity contribution is 6.22. The molecule has 1 fully saturated rings. The van der Waals surface area contributed by atoms with Crippen LogP contribution in [0.3, 0.4) is 0 Å². The lowest BCUT2D eigenvalue weighted by Gasteiger charge is -2.10. The zero-order chi connectivity index (χ0) is 13.7. The van der Waals surface area contributed by atoms with Crippen molar-refractivity contribution in [2.75, 3.05) is 5.73 Å². The van der Waals surface area contributed by atoms with Gasteiger partial charge in [0.05, 0.1) is 0 Å². The van der Waals surface area contributed by atoms with Gasteiger partial charge in [0.1, 0.15) is 29.3 Å². The van der Waals surface area contributed by atoms with Crippen LogP contribution in [0.1, 0.15) is 39.5 Å². The van der Waals surface area contributed by atoms with Gasteiger partial charge in [-0.2, -0.15) is 0 Å². The molecule has 0 aromatic carbocycles. The number of anilines is 1. The molecule has 0 radical (unpaired) electrons. The van der Waals surface area contributed by atoms with Crippen LogP contribution in [0.2, 0.25) is 0 Å². The Morgan fingerprint density at radius 3 is 2.58 bits per heavy atom. The van der Waals surface area contributed by atoms with Gasteiger partial charge >= 0.3 is 5.97 Å². The van der Waals surface area contributed by atoms with Crippen molar-refractivity contribution in [1.82, 2.24) is 14.9 Å². The molecule has 0 atom stereocenters. The van der Waals surface area contributed by atoms with Gasteiger partial charge in [-0.3, -0.25) is 19.3 Å². The second-order valence-corrected chi connectivity index (χ2v) is 4.53. The summed E-state index contributed by atoms with van der Waals surface area (Å²) in [5.74, 6) is -2.33. The first-order valence-corrected chi connectivity index (χ1v) is 5.75. The monoisotopic (exact) mass is 262 g/mol. The van der Waals surface area contributed by atoms with E-state index >= 15 is 0 Å². The van der Waals surface area contributed by atoms with E-state index in [-0.39, 0.29) is 28.9 Å². The Morgan fingerprint density at radius 1 is 1.32 bits per heavy atom. The molecule has 0 spiro atoms. The maximum absolute atomic E-state index is 12.1. The third kappa shape index (κ3) is 1.72. The summed E-state index contributed by atoms with van der Waals surface area (Å²) in [5.41, 5.74) is 5.55. The fourth-order valence-electron chi connectivity index (χ4n) is 2.10. The van der Waals surface area contributed by atoms with Gasteiger partial charge in [-0.25, -0.2) is 9.97 Å². The summed E-state index contributed by atoms with van der Waals surface area (Å²) in [5, 5.41) is 8.69. The first-order chi connectivity index (χ1) is 8.99. The molecule has 98 valence electrons. The molecule has 1 aromatic rings. The summed E-state index contributed by atoms with van der Waals surface area (Å²) in [4.78, 5) is 43.6. The number of carboxylic acid groups (broad SMARTS) is 1. The number of carboxylic acids is 1. The van der Waals surface area contributed by atoms with Crippen molar-refractivity contribution >= 4 is 23.6 Å². The van der Waals surface area contributed by atoms with E-state index in [1.165, 1.54) is 0 Å². The standard InChI is InChI=1S/C11H10N4O4/c12-9-7-8(13-5(14-9)3-6(16)17)11(19)15(10(7)18)4-1-2-4/h4H,1-3H2,(H,16,17)(H2,12,13,14). The summed E-state index contributed by atoms with van der Waals surface area (Å²) in [6.07, 6.45) is 1.12. The van der Waals surface area contributed by atoms with Crippen molar-refractivity contribution in [3.8, 4) is 0 Å². The number of rotatable bonds is 3. The van der Waals surface area contributed by atoms with Crippen LogP contribution < -0.4 is 5.73 Å². The number of amides is 2. The minimum Gasteiger partial charge on any atom is -0.481 e. The fourth-order valence-corrected chi connectivity index (χ4v) is 2.10. The molecule has 3 rings (SSSR count). The lowest BCUT2D eigenvalue weighted by atomic mass is 10.2. The quantitative estimate of drug-likeness (QED) is 0.699. The van der Waals surface area contributed by atoms with E-state index in [0.29, 0.717) is 0 Å². The highest BCUT2D eigenvalue weighted by Gasteiger charge is 2.46.